The third kappa shape index (κ3) is 2.50. The summed E-state index contributed by atoms with van der Waals surface area (Å²) >= 11 is 5.81. The number of halogens is 1. The highest BCUT2D eigenvalue weighted by molar-refractivity contribution is 6.30. The molecule has 2 aromatic rings. The number of carbonyl (C=O) groups is 1. The van der Waals surface area contributed by atoms with Gasteiger partial charge < -0.3 is 10.6 Å². The molecule has 7 heteroatoms. The number of hydrogen-bond donors (Lipinski definition) is 2. The van der Waals surface area contributed by atoms with Crippen LogP contribution in [0.5, 0.6) is 0 Å². The summed E-state index contributed by atoms with van der Waals surface area (Å²) in [6.07, 6.45) is 0. The van der Waals surface area contributed by atoms with Gasteiger partial charge in [0.1, 0.15) is 11.4 Å². The first-order valence-electron chi connectivity index (χ1n) is 6.48. The Kier molecular flexibility index (Phi) is 3.39. The van der Waals surface area contributed by atoms with Gasteiger partial charge in [-0.15, -0.1) is 0 Å². The third-order valence-electron chi connectivity index (χ3n) is 3.32. The first-order chi connectivity index (χ1) is 10.1. The van der Waals surface area contributed by atoms with E-state index in [1.165, 1.54) is 4.57 Å². The highest BCUT2D eigenvalue weighted by atomic mass is 35.5. The van der Waals surface area contributed by atoms with Crippen molar-refractivity contribution in [3.63, 3.8) is 0 Å². The number of benzene rings is 1. The molecule has 21 heavy (non-hydrogen) atoms. The van der Waals surface area contributed by atoms with Crippen LogP contribution >= 0.6 is 11.6 Å². The molecule has 1 aromatic heterocycles. The van der Waals surface area contributed by atoms with Gasteiger partial charge >= 0.3 is 5.69 Å². The Labute approximate surface area is 125 Å². The van der Waals surface area contributed by atoms with Gasteiger partial charge in [0.25, 0.3) is 5.91 Å². The SMILES string of the molecule is Cc1nc(=O)n2c(c1C(=O)Nc1ccc(Cl)cc1)NCC2. The average Bonchev–Trinajstić information content (AvgIpc) is 2.91. The number of aryl methyl sites for hydroxylation is 1. The van der Waals surface area contributed by atoms with Crippen LogP contribution in [0, 0.1) is 6.92 Å². The Morgan fingerprint density at radius 2 is 2.10 bits per heavy atom. The van der Waals surface area contributed by atoms with Crippen molar-refractivity contribution in [1.82, 2.24) is 9.55 Å². The molecule has 2 heterocycles. The van der Waals surface area contributed by atoms with E-state index in [-0.39, 0.29) is 11.6 Å². The summed E-state index contributed by atoms with van der Waals surface area (Å²) in [5, 5.41) is 6.45. The maximum atomic E-state index is 12.5. The second-order valence-corrected chi connectivity index (χ2v) is 5.18. The number of rotatable bonds is 2. The molecule has 0 bridgehead atoms. The van der Waals surface area contributed by atoms with E-state index in [0.29, 0.717) is 40.9 Å². The lowest BCUT2D eigenvalue weighted by Crippen LogP contribution is -2.26. The first kappa shape index (κ1) is 13.6. The van der Waals surface area contributed by atoms with E-state index >= 15 is 0 Å². The van der Waals surface area contributed by atoms with Crippen LogP contribution in [0.1, 0.15) is 16.1 Å². The minimum Gasteiger partial charge on any atom is -0.369 e. The van der Waals surface area contributed by atoms with Gasteiger partial charge in [0.05, 0.1) is 5.69 Å². The van der Waals surface area contributed by atoms with Crippen LogP contribution in [0.25, 0.3) is 0 Å². The number of amides is 1. The van der Waals surface area contributed by atoms with E-state index in [1.54, 1.807) is 31.2 Å². The quantitative estimate of drug-likeness (QED) is 0.888. The molecule has 2 N–H and O–H groups in total. The van der Waals surface area contributed by atoms with E-state index in [9.17, 15) is 9.59 Å². The fourth-order valence-electron chi connectivity index (χ4n) is 2.34. The van der Waals surface area contributed by atoms with Gasteiger partial charge in [-0.25, -0.2) is 4.79 Å². The van der Waals surface area contributed by atoms with Gasteiger partial charge in [-0.05, 0) is 31.2 Å². The standard InChI is InChI=1S/C14H13ClN4O2/c1-8-11(12-16-6-7-19(12)14(21)17-8)13(20)18-10-4-2-9(15)3-5-10/h2-5,16H,6-7H2,1H3,(H,18,20). The molecule has 108 valence electrons. The Hall–Kier alpha value is -2.34. The van der Waals surface area contributed by atoms with E-state index < -0.39 is 0 Å². The van der Waals surface area contributed by atoms with Crippen molar-refractivity contribution < 1.29 is 4.79 Å². The molecule has 0 fully saturated rings. The molecule has 1 aliphatic rings. The number of anilines is 2. The van der Waals surface area contributed by atoms with Crippen LogP contribution in [0.3, 0.4) is 0 Å². The molecule has 0 radical (unpaired) electrons. The van der Waals surface area contributed by atoms with Crippen LogP contribution in [-0.4, -0.2) is 22.0 Å². The largest absolute Gasteiger partial charge is 0.369 e. The molecule has 1 amide bonds. The highest BCUT2D eigenvalue weighted by Gasteiger charge is 2.23. The molecule has 0 atom stereocenters. The topological polar surface area (TPSA) is 76.0 Å². The normalized spacial score (nSPS) is 12.7. The van der Waals surface area contributed by atoms with Crippen molar-refractivity contribution in [2.75, 3.05) is 17.2 Å². The van der Waals surface area contributed by atoms with Gasteiger partial charge in [0, 0.05) is 23.8 Å². The van der Waals surface area contributed by atoms with Crippen molar-refractivity contribution in [2.45, 2.75) is 13.5 Å². The number of nitrogens with one attached hydrogen (secondary N) is 2. The van der Waals surface area contributed by atoms with Crippen LogP contribution in [0.4, 0.5) is 11.5 Å². The van der Waals surface area contributed by atoms with Crippen molar-refractivity contribution in [3.8, 4) is 0 Å². The lowest BCUT2D eigenvalue weighted by Gasteiger charge is -2.12. The lowest BCUT2D eigenvalue weighted by atomic mass is 10.2. The zero-order valence-corrected chi connectivity index (χ0v) is 12.1. The summed E-state index contributed by atoms with van der Waals surface area (Å²) in [7, 11) is 0. The van der Waals surface area contributed by atoms with Crippen molar-refractivity contribution in [2.24, 2.45) is 0 Å². The van der Waals surface area contributed by atoms with Crippen LogP contribution in [0.15, 0.2) is 29.1 Å². The smallest absolute Gasteiger partial charge is 0.349 e. The second-order valence-electron chi connectivity index (χ2n) is 4.74. The lowest BCUT2D eigenvalue weighted by molar-refractivity contribution is 0.102. The fourth-order valence-corrected chi connectivity index (χ4v) is 2.46. The summed E-state index contributed by atoms with van der Waals surface area (Å²) < 4.78 is 1.48. The molecule has 3 rings (SSSR count). The summed E-state index contributed by atoms with van der Waals surface area (Å²) in [6, 6.07) is 6.82. The van der Waals surface area contributed by atoms with E-state index in [1.807, 2.05) is 0 Å². The van der Waals surface area contributed by atoms with Gasteiger partial charge in [0.2, 0.25) is 0 Å². The highest BCUT2D eigenvalue weighted by Crippen LogP contribution is 2.22. The Bertz CT molecular complexity index is 768. The summed E-state index contributed by atoms with van der Waals surface area (Å²) in [6.45, 7) is 2.78. The molecule has 0 saturated heterocycles. The molecular formula is C14H13ClN4O2. The van der Waals surface area contributed by atoms with Crippen LogP contribution in [-0.2, 0) is 6.54 Å². The number of fused-ring (bicyclic) bond motifs is 1. The monoisotopic (exact) mass is 304 g/mol. The summed E-state index contributed by atoms with van der Waals surface area (Å²) in [5.74, 6) is 0.222. The minimum atomic E-state index is -0.337. The van der Waals surface area contributed by atoms with E-state index in [2.05, 4.69) is 15.6 Å². The van der Waals surface area contributed by atoms with E-state index in [4.69, 9.17) is 11.6 Å². The number of aromatic nitrogens is 2. The molecule has 0 saturated carbocycles. The second kappa shape index (κ2) is 5.21. The zero-order valence-electron chi connectivity index (χ0n) is 11.3. The maximum absolute atomic E-state index is 12.5. The number of carbonyl (C=O) groups excluding carboxylic acids is 1. The van der Waals surface area contributed by atoms with Crippen LogP contribution in [0.2, 0.25) is 5.02 Å². The summed E-state index contributed by atoms with van der Waals surface area (Å²) in [5.41, 5.74) is 1.09. The number of hydrogen-bond acceptors (Lipinski definition) is 4. The molecule has 1 aromatic carbocycles. The zero-order chi connectivity index (χ0) is 15.0. The molecular weight excluding hydrogens is 292 g/mol. The van der Waals surface area contributed by atoms with Gasteiger partial charge in [-0.2, -0.15) is 4.98 Å². The van der Waals surface area contributed by atoms with Gasteiger partial charge in [0.15, 0.2) is 0 Å². The first-order valence-corrected chi connectivity index (χ1v) is 6.86. The predicted molar refractivity (Wildman–Crippen MR) is 81.1 cm³/mol. The number of nitrogens with zero attached hydrogens (tertiary/aromatic N) is 2. The Balaban J connectivity index is 1.97. The third-order valence-corrected chi connectivity index (χ3v) is 3.57. The van der Waals surface area contributed by atoms with Crippen molar-refractivity contribution >= 4 is 29.0 Å². The molecule has 1 aliphatic heterocycles. The van der Waals surface area contributed by atoms with E-state index in [0.717, 1.165) is 0 Å². The Morgan fingerprint density at radius 3 is 2.81 bits per heavy atom. The van der Waals surface area contributed by atoms with Gasteiger partial charge in [-0.3, -0.25) is 9.36 Å². The fraction of sp³-hybridized carbons (Fsp3) is 0.214. The maximum Gasteiger partial charge on any atom is 0.349 e. The molecule has 0 unspecified atom stereocenters. The molecule has 6 nitrogen and oxygen atoms in total. The van der Waals surface area contributed by atoms with Crippen molar-refractivity contribution in [3.05, 3.63) is 51.0 Å². The Morgan fingerprint density at radius 1 is 1.38 bits per heavy atom. The predicted octanol–water partition coefficient (Wildman–Crippen LogP) is 1.88. The summed E-state index contributed by atoms with van der Waals surface area (Å²) in [4.78, 5) is 28.1. The average molecular weight is 305 g/mol. The van der Waals surface area contributed by atoms with Gasteiger partial charge in [-0.1, -0.05) is 11.6 Å². The van der Waals surface area contributed by atoms with Crippen LogP contribution < -0.4 is 16.3 Å². The molecule has 0 spiro atoms. The minimum absolute atomic E-state index is 0.305. The molecule has 0 aliphatic carbocycles. The van der Waals surface area contributed by atoms with Crippen molar-refractivity contribution in [1.29, 1.82) is 0 Å².